The van der Waals surface area contributed by atoms with Crippen molar-refractivity contribution in [1.29, 1.82) is 0 Å². The van der Waals surface area contributed by atoms with Gasteiger partial charge in [0.05, 0.1) is 12.1 Å². The van der Waals surface area contributed by atoms with Crippen molar-refractivity contribution in [2.45, 2.75) is 24.2 Å². The number of hydrogen-bond donors (Lipinski definition) is 0. The normalized spacial score (nSPS) is 14.0. The van der Waals surface area contributed by atoms with Gasteiger partial charge in [-0.1, -0.05) is 5.76 Å². The Morgan fingerprint density at radius 3 is 1.79 bits per heavy atom. The van der Waals surface area contributed by atoms with E-state index >= 15 is 0 Å². The van der Waals surface area contributed by atoms with E-state index in [0.29, 0.717) is 0 Å². The van der Waals surface area contributed by atoms with E-state index in [4.69, 9.17) is 6.57 Å². The molecule has 154 valence electrons. The molecule has 1 rings (SSSR count). The van der Waals surface area contributed by atoms with Gasteiger partial charge in [0.25, 0.3) is 0 Å². The predicted molar refractivity (Wildman–Crippen MR) is 66.6 cm³/mol. The molecule has 0 aliphatic heterocycles. The van der Waals surface area contributed by atoms with Crippen LogP contribution in [0.1, 0.15) is 11.1 Å². The molecule has 0 unspecified atom stereocenters. The first-order chi connectivity index (χ1) is 12.4. The second-order valence-electron chi connectivity index (χ2n) is 4.99. The van der Waals surface area contributed by atoms with Gasteiger partial charge in [-0.05, 0) is 23.8 Å². The molecule has 0 aliphatic carbocycles. The molecule has 0 bridgehead atoms. The molecule has 0 amide bonds. The van der Waals surface area contributed by atoms with E-state index in [9.17, 15) is 58.2 Å². The Kier molecular flexibility index (Phi) is 5.76. The van der Waals surface area contributed by atoms with E-state index in [1.807, 2.05) is 0 Å². The minimum Gasteiger partial charge on any atom is -0.872 e. The van der Waals surface area contributed by atoms with Gasteiger partial charge in [-0.2, -0.15) is 39.5 Å². The summed E-state index contributed by atoms with van der Waals surface area (Å²) in [5.74, 6) is -7.83. The summed E-state index contributed by atoms with van der Waals surface area (Å²) in [5.41, 5.74) is -11.9. The number of carbonyl (C=O) groups excluding carboxylic acids is 1. The number of benzene rings is 1. The molecule has 1 aromatic rings. The first kappa shape index (κ1) is 23.2. The zero-order chi connectivity index (χ0) is 22.3. The molecule has 0 heterocycles. The van der Waals surface area contributed by atoms with Crippen LogP contribution in [0.15, 0.2) is 18.2 Å². The third-order valence-corrected chi connectivity index (χ3v) is 3.16. The molecular weight excluding hydrogens is 423 g/mol. The highest BCUT2D eigenvalue weighted by molar-refractivity contribution is 6.02. The maximum Gasteiger partial charge on any atom is 0.439 e. The van der Waals surface area contributed by atoms with Crippen LogP contribution in [0.2, 0.25) is 0 Å². The molecule has 28 heavy (non-hydrogen) atoms. The lowest BCUT2D eigenvalue weighted by molar-refractivity contribution is -0.323. The zero-order valence-corrected chi connectivity index (χ0v) is 12.7. The van der Waals surface area contributed by atoms with E-state index in [2.05, 4.69) is 4.85 Å². The van der Waals surface area contributed by atoms with Gasteiger partial charge in [0.1, 0.15) is 5.82 Å². The van der Waals surface area contributed by atoms with Crippen molar-refractivity contribution in [2.75, 3.05) is 0 Å². The van der Waals surface area contributed by atoms with Crippen molar-refractivity contribution >= 4 is 17.2 Å². The monoisotopic (exact) mass is 426 g/mol. The SMILES string of the molecule is [C-]#[N+]c1cc(C(F)(F)F)c(/C([O-])=C/C(=O)C(F)(C(F)(F)F)C(F)(F)F)cc1F. The molecule has 0 radical (unpaired) electrons. The summed E-state index contributed by atoms with van der Waals surface area (Å²) in [6, 6.07) is -0.562. The molecule has 0 saturated heterocycles. The Labute approximate surface area is 147 Å². The molecule has 1 aromatic carbocycles. The van der Waals surface area contributed by atoms with Gasteiger partial charge in [0.15, 0.2) is 0 Å². The highest BCUT2D eigenvalue weighted by Gasteiger charge is 2.76. The van der Waals surface area contributed by atoms with E-state index in [0.717, 1.165) is 0 Å². The van der Waals surface area contributed by atoms with Crippen LogP contribution in [0.3, 0.4) is 0 Å². The van der Waals surface area contributed by atoms with Crippen LogP contribution in [0, 0.1) is 12.4 Å². The van der Waals surface area contributed by atoms with Crippen LogP contribution in [-0.2, 0) is 11.0 Å². The fraction of sp³-hybridized carbons (Fsp3) is 0.286. The molecular formula is C14H3F11NO2-. The van der Waals surface area contributed by atoms with Crippen molar-refractivity contribution in [3.63, 3.8) is 0 Å². The van der Waals surface area contributed by atoms with Crippen LogP contribution in [-0.4, -0.2) is 23.8 Å². The third-order valence-electron chi connectivity index (χ3n) is 3.16. The first-order valence-corrected chi connectivity index (χ1v) is 6.42. The van der Waals surface area contributed by atoms with Crippen LogP contribution in [0.5, 0.6) is 0 Å². The van der Waals surface area contributed by atoms with Crippen LogP contribution < -0.4 is 5.11 Å². The maximum absolute atomic E-state index is 13.5. The molecule has 14 heteroatoms. The number of halogens is 11. The quantitative estimate of drug-likeness (QED) is 0.309. The lowest BCUT2D eigenvalue weighted by Crippen LogP contribution is -2.58. The molecule has 0 atom stereocenters. The fourth-order valence-corrected chi connectivity index (χ4v) is 1.82. The summed E-state index contributed by atoms with van der Waals surface area (Å²) in [6.45, 7) is 6.47. The number of ketones is 1. The topological polar surface area (TPSA) is 44.5 Å². The number of alkyl halides is 10. The minimum atomic E-state index is -6.90. The Bertz CT molecular complexity index is 842. The summed E-state index contributed by atoms with van der Waals surface area (Å²) >= 11 is 0. The molecule has 0 aliphatic rings. The molecule has 0 saturated carbocycles. The second-order valence-corrected chi connectivity index (χ2v) is 4.99. The van der Waals surface area contributed by atoms with E-state index in [1.165, 1.54) is 0 Å². The molecule has 0 N–H and O–H groups in total. The molecule has 0 fully saturated rings. The van der Waals surface area contributed by atoms with Gasteiger partial charge >= 0.3 is 24.2 Å². The number of allylic oxidation sites excluding steroid dienone is 1. The summed E-state index contributed by atoms with van der Waals surface area (Å²) in [4.78, 5) is 13.5. The number of rotatable bonds is 3. The van der Waals surface area contributed by atoms with Gasteiger partial charge in [0, 0.05) is 0 Å². The van der Waals surface area contributed by atoms with Crippen LogP contribution in [0.4, 0.5) is 54.0 Å². The highest BCUT2D eigenvalue weighted by atomic mass is 19.4. The van der Waals surface area contributed by atoms with Crippen LogP contribution >= 0.6 is 0 Å². The average molecular weight is 426 g/mol. The largest absolute Gasteiger partial charge is 0.872 e. The summed E-state index contributed by atoms with van der Waals surface area (Å²) in [7, 11) is 0. The minimum absolute atomic E-state index is 0.246. The summed E-state index contributed by atoms with van der Waals surface area (Å²) in [6.07, 6.45) is -20.5. The number of carbonyl (C=O) groups is 1. The summed E-state index contributed by atoms with van der Waals surface area (Å²) in [5, 5.41) is 11.7. The Morgan fingerprint density at radius 2 is 1.43 bits per heavy atom. The smallest absolute Gasteiger partial charge is 0.439 e. The van der Waals surface area contributed by atoms with Crippen LogP contribution in [0.25, 0.3) is 10.6 Å². The van der Waals surface area contributed by atoms with Gasteiger partial charge in [-0.15, -0.1) is 0 Å². The van der Waals surface area contributed by atoms with Gasteiger partial charge in [-0.3, -0.25) is 4.79 Å². The van der Waals surface area contributed by atoms with E-state index < -0.39 is 64.4 Å². The lowest BCUT2D eigenvalue weighted by Gasteiger charge is -2.28. The average Bonchev–Trinajstić information content (AvgIpc) is 2.50. The van der Waals surface area contributed by atoms with E-state index in [1.54, 1.807) is 0 Å². The number of hydrogen-bond acceptors (Lipinski definition) is 2. The number of nitrogens with zero attached hydrogens (tertiary/aromatic N) is 1. The third kappa shape index (κ3) is 4.02. The van der Waals surface area contributed by atoms with E-state index in [-0.39, 0.29) is 12.1 Å². The zero-order valence-electron chi connectivity index (χ0n) is 12.7. The Balaban J connectivity index is 3.68. The highest BCUT2D eigenvalue weighted by Crippen LogP contribution is 2.47. The molecule has 0 aromatic heterocycles. The maximum atomic E-state index is 13.5. The van der Waals surface area contributed by atoms with Gasteiger partial charge in [0.2, 0.25) is 11.5 Å². The lowest BCUT2D eigenvalue weighted by atomic mass is 9.96. The van der Waals surface area contributed by atoms with Crippen molar-refractivity contribution in [3.05, 3.63) is 46.6 Å². The first-order valence-electron chi connectivity index (χ1n) is 6.42. The fourth-order valence-electron chi connectivity index (χ4n) is 1.82. The van der Waals surface area contributed by atoms with Crippen molar-refractivity contribution in [2.24, 2.45) is 0 Å². The van der Waals surface area contributed by atoms with Crippen molar-refractivity contribution < 1.29 is 58.2 Å². The molecule has 0 spiro atoms. The van der Waals surface area contributed by atoms with Crippen molar-refractivity contribution in [3.8, 4) is 0 Å². The second kappa shape index (κ2) is 6.95. The Hall–Kier alpha value is -2.85. The van der Waals surface area contributed by atoms with Gasteiger partial charge in [-0.25, -0.2) is 13.6 Å². The molecule has 3 nitrogen and oxygen atoms in total. The Morgan fingerprint density at radius 1 is 0.964 bits per heavy atom. The predicted octanol–water partition coefficient (Wildman–Crippen LogP) is 4.50. The standard InChI is InChI=1S/C14H4F11NO2/c1-26-8-3-6(12(17,18)19)5(2-7(8)15)9(27)4-10(28)11(16,13(20,21)22)14(23,24)25/h2-4,27H/p-1/b9-4-. The summed E-state index contributed by atoms with van der Waals surface area (Å²) < 4.78 is 140. The van der Waals surface area contributed by atoms with Gasteiger partial charge < -0.3 is 5.11 Å². The van der Waals surface area contributed by atoms with Crippen molar-refractivity contribution in [1.82, 2.24) is 0 Å².